The van der Waals surface area contributed by atoms with Crippen molar-refractivity contribution in [2.24, 2.45) is 10.7 Å². The number of halogens is 1. The molecule has 1 aromatic carbocycles. The molecule has 1 saturated heterocycles. The van der Waals surface area contributed by atoms with E-state index in [0.29, 0.717) is 0 Å². The highest BCUT2D eigenvalue weighted by Gasteiger charge is 2.44. The lowest BCUT2D eigenvalue weighted by molar-refractivity contribution is 0.454. The van der Waals surface area contributed by atoms with Crippen LogP contribution >= 0.6 is 35.7 Å². The third-order valence-electron chi connectivity index (χ3n) is 4.45. The third-order valence-corrected chi connectivity index (χ3v) is 5.39. The Bertz CT molecular complexity index is 508. The maximum atomic E-state index is 6.17. The Morgan fingerprint density at radius 3 is 2.57 bits per heavy atom. The van der Waals surface area contributed by atoms with E-state index in [4.69, 9.17) is 10.7 Å². The van der Waals surface area contributed by atoms with Crippen LogP contribution in [0, 0.1) is 6.92 Å². The van der Waals surface area contributed by atoms with Crippen molar-refractivity contribution in [3.05, 3.63) is 35.4 Å². The van der Waals surface area contributed by atoms with Crippen LogP contribution in [0.1, 0.15) is 24.0 Å². The molecule has 0 spiro atoms. The maximum Gasteiger partial charge on any atom is 0.191 e. The SMILES string of the molecule is Cc1ccccc1C1(CN=C(N)N2CCSCC2)CC1.I. The highest BCUT2D eigenvalue weighted by Crippen LogP contribution is 2.49. The van der Waals surface area contributed by atoms with Crippen LogP contribution < -0.4 is 5.73 Å². The van der Waals surface area contributed by atoms with Gasteiger partial charge in [0.1, 0.15) is 0 Å². The molecule has 0 radical (unpaired) electrons. The zero-order valence-electron chi connectivity index (χ0n) is 12.5. The average molecular weight is 417 g/mol. The number of thioether (sulfide) groups is 1. The molecule has 1 aliphatic carbocycles. The lowest BCUT2D eigenvalue weighted by Crippen LogP contribution is -2.43. The Kier molecular flexibility index (Phi) is 5.82. The van der Waals surface area contributed by atoms with Gasteiger partial charge in [-0.25, -0.2) is 0 Å². The Hall–Kier alpha value is -0.430. The lowest BCUT2D eigenvalue weighted by Gasteiger charge is -2.27. The summed E-state index contributed by atoms with van der Waals surface area (Å²) in [6.07, 6.45) is 2.48. The highest BCUT2D eigenvalue weighted by molar-refractivity contribution is 14.0. The third kappa shape index (κ3) is 3.86. The smallest absolute Gasteiger partial charge is 0.191 e. The van der Waals surface area contributed by atoms with Gasteiger partial charge in [-0.1, -0.05) is 24.3 Å². The Morgan fingerprint density at radius 2 is 1.95 bits per heavy atom. The van der Waals surface area contributed by atoms with Crippen molar-refractivity contribution in [1.82, 2.24) is 4.90 Å². The molecule has 21 heavy (non-hydrogen) atoms. The van der Waals surface area contributed by atoms with Gasteiger partial charge in [0.2, 0.25) is 0 Å². The fourth-order valence-corrected chi connectivity index (χ4v) is 3.86. The van der Waals surface area contributed by atoms with Crippen LogP contribution in [0.25, 0.3) is 0 Å². The number of guanidine groups is 1. The summed E-state index contributed by atoms with van der Waals surface area (Å²) in [7, 11) is 0. The van der Waals surface area contributed by atoms with Gasteiger partial charge in [0, 0.05) is 30.0 Å². The number of aryl methyl sites for hydroxylation is 1. The minimum Gasteiger partial charge on any atom is -0.370 e. The molecule has 0 bridgehead atoms. The predicted octanol–water partition coefficient (Wildman–Crippen LogP) is 3.01. The first-order valence-electron chi connectivity index (χ1n) is 7.40. The minimum atomic E-state index is 0. The molecular formula is C16H24IN3S. The standard InChI is InChI=1S/C16H23N3S.HI/c1-13-4-2-3-5-14(13)16(6-7-16)12-18-15(17)19-8-10-20-11-9-19;/h2-5H,6-12H2,1H3,(H2,17,18);1H. The van der Waals surface area contributed by atoms with Gasteiger partial charge in [-0.2, -0.15) is 11.8 Å². The first kappa shape index (κ1) is 16.9. The van der Waals surface area contributed by atoms with Crippen LogP contribution in [0.4, 0.5) is 0 Å². The largest absolute Gasteiger partial charge is 0.370 e. The lowest BCUT2D eigenvalue weighted by atomic mass is 9.92. The molecule has 5 heteroatoms. The van der Waals surface area contributed by atoms with Gasteiger partial charge in [-0.3, -0.25) is 4.99 Å². The molecule has 3 nitrogen and oxygen atoms in total. The molecule has 1 aromatic rings. The predicted molar refractivity (Wildman–Crippen MR) is 103 cm³/mol. The molecule has 1 aliphatic heterocycles. The highest BCUT2D eigenvalue weighted by atomic mass is 127. The van der Waals surface area contributed by atoms with Gasteiger partial charge in [-0.05, 0) is 30.9 Å². The van der Waals surface area contributed by atoms with Crippen molar-refractivity contribution in [3.63, 3.8) is 0 Å². The minimum absolute atomic E-state index is 0. The zero-order chi connectivity index (χ0) is 14.0. The molecule has 1 heterocycles. The molecular weight excluding hydrogens is 393 g/mol. The summed E-state index contributed by atoms with van der Waals surface area (Å²) in [4.78, 5) is 6.94. The Balaban J connectivity index is 0.00000161. The fourth-order valence-electron chi connectivity index (χ4n) is 2.96. The van der Waals surface area contributed by atoms with Crippen LogP contribution in [-0.4, -0.2) is 42.0 Å². The molecule has 2 aliphatic rings. The first-order chi connectivity index (χ1) is 9.71. The van der Waals surface area contributed by atoms with Crippen molar-refractivity contribution in [3.8, 4) is 0 Å². The fraction of sp³-hybridized carbons (Fsp3) is 0.562. The second-order valence-corrected chi connectivity index (χ2v) is 7.09. The van der Waals surface area contributed by atoms with Crippen molar-refractivity contribution in [1.29, 1.82) is 0 Å². The van der Waals surface area contributed by atoms with E-state index in [9.17, 15) is 0 Å². The molecule has 2 fully saturated rings. The molecule has 0 atom stereocenters. The van der Waals surface area contributed by atoms with Crippen LogP contribution in [-0.2, 0) is 5.41 Å². The van der Waals surface area contributed by atoms with Crippen molar-refractivity contribution >= 4 is 41.7 Å². The van der Waals surface area contributed by atoms with Gasteiger partial charge >= 0.3 is 0 Å². The van der Waals surface area contributed by atoms with Gasteiger partial charge in [0.05, 0.1) is 6.54 Å². The van der Waals surface area contributed by atoms with E-state index in [2.05, 4.69) is 36.1 Å². The van der Waals surface area contributed by atoms with E-state index in [1.807, 2.05) is 11.8 Å². The summed E-state index contributed by atoms with van der Waals surface area (Å²) in [5.41, 5.74) is 9.28. The summed E-state index contributed by atoms with van der Waals surface area (Å²) in [6, 6.07) is 8.70. The van der Waals surface area contributed by atoms with Crippen molar-refractivity contribution in [2.45, 2.75) is 25.2 Å². The molecule has 2 N–H and O–H groups in total. The summed E-state index contributed by atoms with van der Waals surface area (Å²) in [5, 5.41) is 0. The first-order valence-corrected chi connectivity index (χ1v) is 8.55. The molecule has 1 saturated carbocycles. The average Bonchev–Trinajstić information content (AvgIpc) is 3.27. The molecule has 0 amide bonds. The van der Waals surface area contributed by atoms with E-state index >= 15 is 0 Å². The molecule has 116 valence electrons. The Morgan fingerprint density at radius 1 is 1.29 bits per heavy atom. The molecule has 3 rings (SSSR count). The summed E-state index contributed by atoms with van der Waals surface area (Å²) in [5.74, 6) is 3.07. The quantitative estimate of drug-likeness (QED) is 0.467. The molecule has 0 aromatic heterocycles. The number of hydrogen-bond acceptors (Lipinski definition) is 2. The number of hydrogen-bond donors (Lipinski definition) is 1. The number of benzene rings is 1. The monoisotopic (exact) mass is 417 g/mol. The van der Waals surface area contributed by atoms with E-state index < -0.39 is 0 Å². The number of rotatable bonds is 3. The summed E-state index contributed by atoms with van der Waals surface area (Å²) in [6.45, 7) is 5.12. The Labute approximate surface area is 148 Å². The van der Waals surface area contributed by atoms with Crippen molar-refractivity contribution in [2.75, 3.05) is 31.1 Å². The van der Waals surface area contributed by atoms with Crippen LogP contribution in [0.2, 0.25) is 0 Å². The van der Waals surface area contributed by atoms with E-state index in [-0.39, 0.29) is 29.4 Å². The molecule has 0 unspecified atom stereocenters. The van der Waals surface area contributed by atoms with E-state index in [1.165, 1.54) is 35.5 Å². The topological polar surface area (TPSA) is 41.6 Å². The van der Waals surface area contributed by atoms with Crippen molar-refractivity contribution < 1.29 is 0 Å². The second-order valence-electron chi connectivity index (χ2n) is 5.87. The van der Waals surface area contributed by atoms with Crippen LogP contribution in [0.3, 0.4) is 0 Å². The number of nitrogens with two attached hydrogens (primary N) is 1. The summed E-state index contributed by atoms with van der Waals surface area (Å²) >= 11 is 2.00. The summed E-state index contributed by atoms with van der Waals surface area (Å²) < 4.78 is 0. The number of nitrogens with zero attached hydrogens (tertiary/aromatic N) is 2. The van der Waals surface area contributed by atoms with Crippen LogP contribution in [0.5, 0.6) is 0 Å². The second kappa shape index (κ2) is 7.22. The zero-order valence-corrected chi connectivity index (χ0v) is 15.7. The van der Waals surface area contributed by atoms with Gasteiger partial charge < -0.3 is 10.6 Å². The van der Waals surface area contributed by atoms with Gasteiger partial charge in [-0.15, -0.1) is 24.0 Å². The number of aliphatic imine (C=N–C) groups is 1. The van der Waals surface area contributed by atoms with E-state index in [0.717, 1.165) is 25.6 Å². The van der Waals surface area contributed by atoms with Crippen LogP contribution in [0.15, 0.2) is 29.3 Å². The van der Waals surface area contributed by atoms with Gasteiger partial charge in [0.25, 0.3) is 0 Å². The normalized spacial score (nSPS) is 20.8. The van der Waals surface area contributed by atoms with Gasteiger partial charge in [0.15, 0.2) is 5.96 Å². The van der Waals surface area contributed by atoms with E-state index in [1.54, 1.807) is 0 Å². The maximum absolute atomic E-state index is 6.17.